The summed E-state index contributed by atoms with van der Waals surface area (Å²) in [4.78, 5) is 13.4. The molecule has 0 saturated heterocycles. The third kappa shape index (κ3) is 9.79. The number of hydrogen-bond donors (Lipinski definition) is 1. The van der Waals surface area contributed by atoms with Gasteiger partial charge in [-0.2, -0.15) is 0 Å². The lowest BCUT2D eigenvalue weighted by atomic mass is 10.2. The number of hydrogen-bond acceptors (Lipinski definition) is 7. The van der Waals surface area contributed by atoms with Crippen LogP contribution in [-0.2, 0) is 26.6 Å². The van der Waals surface area contributed by atoms with Gasteiger partial charge in [-0.15, -0.1) is 0 Å². The first-order valence-corrected chi connectivity index (χ1v) is 13.6. The summed E-state index contributed by atoms with van der Waals surface area (Å²) in [5.74, 6) is 0. The first-order chi connectivity index (χ1) is 13.4. The van der Waals surface area contributed by atoms with Crippen molar-refractivity contribution >= 4 is 23.6 Å². The Morgan fingerprint density at radius 2 is 0.964 bits per heavy atom. The van der Waals surface area contributed by atoms with E-state index in [9.17, 15) is 4.79 Å². The number of carbonyl (C=O) groups excluding carboxylic acids is 1. The van der Waals surface area contributed by atoms with Crippen LogP contribution < -0.4 is 5.73 Å². The van der Waals surface area contributed by atoms with Crippen molar-refractivity contribution in [1.29, 1.82) is 0 Å². The van der Waals surface area contributed by atoms with Crippen molar-refractivity contribution < 1.29 is 31.4 Å². The Hall–Kier alpha value is -0.536. The van der Waals surface area contributed by atoms with E-state index in [1.165, 1.54) is 0 Å². The summed E-state index contributed by atoms with van der Waals surface area (Å²) in [6.45, 7) is 1.31. The van der Waals surface area contributed by atoms with Crippen LogP contribution in [0.3, 0.4) is 0 Å². The van der Waals surface area contributed by atoms with Crippen LogP contribution in [0.4, 0.5) is 4.79 Å². The Balaban J connectivity index is 4.10. The average molecular weight is 441 g/mol. The quantitative estimate of drug-likeness (QED) is 0.258. The second-order valence-corrected chi connectivity index (χ2v) is 12.7. The number of rotatable bonds is 18. The van der Waals surface area contributed by atoms with Crippen molar-refractivity contribution in [1.82, 2.24) is 4.90 Å². The maximum Gasteiger partial charge on any atom is 0.500 e. The van der Waals surface area contributed by atoms with E-state index in [-0.39, 0.29) is 6.03 Å². The first kappa shape index (κ1) is 27.5. The highest BCUT2D eigenvalue weighted by atomic mass is 28.4. The molecule has 0 aliphatic carbocycles. The Kier molecular flexibility index (Phi) is 15.0. The molecule has 0 atom stereocenters. The van der Waals surface area contributed by atoms with Crippen LogP contribution in [0.2, 0.25) is 12.1 Å². The highest BCUT2D eigenvalue weighted by molar-refractivity contribution is 6.60. The van der Waals surface area contributed by atoms with Crippen LogP contribution in [0.1, 0.15) is 38.5 Å². The minimum atomic E-state index is -2.50. The smallest absolute Gasteiger partial charge is 0.377 e. The van der Waals surface area contributed by atoms with Gasteiger partial charge in [-0.25, -0.2) is 4.79 Å². The van der Waals surface area contributed by atoms with Gasteiger partial charge in [0.1, 0.15) is 0 Å². The minimum absolute atomic E-state index is 0.371. The SMILES string of the molecule is CO[Si](CCCCCN(CCCCC[Si](OC)(OC)OC)C(N)=O)(OC)OC. The number of carbonyl (C=O) groups is 1. The Morgan fingerprint density at radius 1 is 0.643 bits per heavy atom. The molecule has 0 aliphatic heterocycles. The van der Waals surface area contributed by atoms with Crippen molar-refractivity contribution in [3.8, 4) is 0 Å². The second-order valence-electron chi connectivity index (χ2n) is 6.54. The molecule has 0 aromatic rings. The van der Waals surface area contributed by atoms with Gasteiger partial charge in [0.05, 0.1) is 0 Å². The van der Waals surface area contributed by atoms with Crippen LogP contribution in [-0.4, -0.2) is 84.3 Å². The summed E-state index contributed by atoms with van der Waals surface area (Å²) >= 11 is 0. The topological polar surface area (TPSA) is 102 Å². The van der Waals surface area contributed by atoms with Crippen LogP contribution in [0, 0.1) is 0 Å². The van der Waals surface area contributed by atoms with Crippen LogP contribution >= 0.6 is 0 Å². The van der Waals surface area contributed by atoms with E-state index in [0.717, 1.165) is 50.6 Å². The van der Waals surface area contributed by atoms with E-state index in [1.54, 1.807) is 47.6 Å². The molecule has 28 heavy (non-hydrogen) atoms. The molecular formula is C17H40N2O7Si2. The van der Waals surface area contributed by atoms with Gasteiger partial charge >= 0.3 is 23.6 Å². The highest BCUT2D eigenvalue weighted by Crippen LogP contribution is 2.18. The van der Waals surface area contributed by atoms with E-state index >= 15 is 0 Å². The maximum absolute atomic E-state index is 11.7. The monoisotopic (exact) mass is 440 g/mol. The predicted molar refractivity (Wildman–Crippen MR) is 112 cm³/mol. The first-order valence-electron chi connectivity index (χ1n) is 9.73. The highest BCUT2D eigenvalue weighted by Gasteiger charge is 2.37. The second kappa shape index (κ2) is 15.3. The van der Waals surface area contributed by atoms with E-state index in [0.29, 0.717) is 13.1 Å². The molecule has 11 heteroatoms. The summed E-state index contributed by atoms with van der Waals surface area (Å²) in [5.41, 5.74) is 5.51. The molecule has 0 fully saturated rings. The van der Waals surface area contributed by atoms with Gasteiger partial charge in [-0.1, -0.05) is 12.8 Å². The largest absolute Gasteiger partial charge is 0.500 e. The Morgan fingerprint density at radius 3 is 1.21 bits per heavy atom. The van der Waals surface area contributed by atoms with Gasteiger partial charge in [0.2, 0.25) is 0 Å². The summed E-state index contributed by atoms with van der Waals surface area (Å²) in [7, 11) is 4.70. The fraction of sp³-hybridized carbons (Fsp3) is 0.941. The fourth-order valence-corrected chi connectivity index (χ4v) is 6.68. The Labute approximate surface area is 172 Å². The lowest BCUT2D eigenvalue weighted by molar-refractivity contribution is 0.122. The van der Waals surface area contributed by atoms with E-state index in [4.69, 9.17) is 32.3 Å². The van der Waals surface area contributed by atoms with Gasteiger partial charge in [-0.3, -0.25) is 0 Å². The molecule has 9 nitrogen and oxygen atoms in total. The minimum Gasteiger partial charge on any atom is -0.377 e. The number of primary amides is 1. The molecule has 0 saturated carbocycles. The van der Waals surface area contributed by atoms with Crippen LogP contribution in [0.25, 0.3) is 0 Å². The number of amides is 2. The molecule has 0 bridgehead atoms. The number of nitrogens with two attached hydrogens (primary N) is 1. The lowest BCUT2D eigenvalue weighted by Crippen LogP contribution is -2.42. The zero-order valence-corrected chi connectivity index (χ0v) is 20.5. The number of urea groups is 1. The number of nitrogens with zero attached hydrogens (tertiary/aromatic N) is 1. The molecule has 2 N–H and O–H groups in total. The van der Waals surface area contributed by atoms with Crippen molar-refractivity contribution in [2.75, 3.05) is 55.7 Å². The van der Waals surface area contributed by atoms with Crippen LogP contribution in [0.5, 0.6) is 0 Å². The van der Waals surface area contributed by atoms with Crippen molar-refractivity contribution in [3.63, 3.8) is 0 Å². The fourth-order valence-electron chi connectivity index (χ4n) is 3.09. The zero-order chi connectivity index (χ0) is 21.5. The van der Waals surface area contributed by atoms with Gasteiger partial charge in [0.15, 0.2) is 0 Å². The lowest BCUT2D eigenvalue weighted by Gasteiger charge is -2.25. The maximum atomic E-state index is 11.7. The van der Waals surface area contributed by atoms with Crippen molar-refractivity contribution in [3.05, 3.63) is 0 Å². The summed E-state index contributed by atoms with van der Waals surface area (Å²) in [6.07, 6.45) is 5.53. The van der Waals surface area contributed by atoms with Crippen molar-refractivity contribution in [2.45, 2.75) is 50.6 Å². The molecule has 0 aliphatic rings. The standard InChI is InChI=1S/C17H40N2O7Si2/c1-21-27(22-2,23-3)15-11-7-9-13-19(17(18)20)14-10-8-12-16-28(24-4,25-5)26-6/h7-16H2,1-6H3,(H2,18,20). The molecule has 0 radical (unpaired) electrons. The van der Waals surface area contributed by atoms with E-state index in [2.05, 4.69) is 0 Å². The number of unbranched alkanes of at least 4 members (excludes halogenated alkanes) is 4. The third-order valence-corrected chi connectivity index (χ3v) is 10.7. The normalized spacial score (nSPS) is 12.4. The molecular weight excluding hydrogens is 400 g/mol. The van der Waals surface area contributed by atoms with E-state index < -0.39 is 17.6 Å². The molecule has 0 heterocycles. The van der Waals surface area contributed by atoms with Gasteiger partial charge in [0, 0.05) is 67.8 Å². The van der Waals surface area contributed by atoms with Gasteiger partial charge in [-0.05, 0) is 25.7 Å². The molecule has 0 spiro atoms. The van der Waals surface area contributed by atoms with Crippen LogP contribution in [0.15, 0.2) is 0 Å². The zero-order valence-electron chi connectivity index (χ0n) is 18.5. The van der Waals surface area contributed by atoms with Gasteiger partial charge < -0.3 is 37.2 Å². The summed E-state index contributed by atoms with van der Waals surface area (Å²) in [6, 6.07) is 1.15. The molecule has 168 valence electrons. The molecule has 0 aromatic carbocycles. The third-order valence-electron chi connectivity index (χ3n) is 5.00. The summed E-state index contributed by atoms with van der Waals surface area (Å²) in [5, 5.41) is 0. The molecule has 0 aromatic heterocycles. The molecule has 2 amide bonds. The van der Waals surface area contributed by atoms with E-state index in [1.807, 2.05) is 0 Å². The van der Waals surface area contributed by atoms with Crippen molar-refractivity contribution in [2.24, 2.45) is 5.73 Å². The predicted octanol–water partition coefficient (Wildman–Crippen LogP) is 2.46. The Bertz CT molecular complexity index is 364. The summed E-state index contributed by atoms with van der Waals surface area (Å²) < 4.78 is 32.5. The average Bonchev–Trinajstić information content (AvgIpc) is 2.72. The molecule has 0 rings (SSSR count). The van der Waals surface area contributed by atoms with Gasteiger partial charge in [0.25, 0.3) is 0 Å². The molecule has 0 unspecified atom stereocenters.